The van der Waals surface area contributed by atoms with E-state index in [4.69, 9.17) is 26.3 Å². The summed E-state index contributed by atoms with van der Waals surface area (Å²) in [6, 6.07) is 0. The minimum Gasteiger partial charge on any atom is -0.750 e. The molecule has 0 aliphatic carbocycles. The van der Waals surface area contributed by atoms with E-state index in [1.165, 1.54) is 0 Å². The van der Waals surface area contributed by atoms with Gasteiger partial charge in [-0.15, -0.1) is 39.5 Å². The van der Waals surface area contributed by atoms with E-state index >= 15 is 0 Å². The molecule has 0 aromatic carbocycles. The van der Waals surface area contributed by atoms with Crippen LogP contribution in [0, 0.1) is 46.9 Å². The van der Waals surface area contributed by atoms with E-state index in [1.54, 1.807) is 0 Å². The van der Waals surface area contributed by atoms with Gasteiger partial charge in [-0.1, -0.05) is 0 Å². The molecule has 0 aliphatic rings. The third-order valence-electron chi connectivity index (χ3n) is 0.488. The molecule has 0 saturated carbocycles. The Kier molecular flexibility index (Phi) is 20.3. The minimum absolute atomic E-state index is 0. The second kappa shape index (κ2) is 15.1. The minimum atomic E-state index is -5.09. The Morgan fingerprint density at radius 2 is 0.640 bits per heavy atom. The smallest absolute Gasteiger partial charge is 0.750 e. The van der Waals surface area contributed by atoms with E-state index in [-0.39, 0.29) is 46.9 Å². The molecule has 0 rings (SSSR count). The first-order chi connectivity index (χ1) is 10.2. The Morgan fingerprint density at radius 3 is 0.640 bits per heavy atom. The van der Waals surface area contributed by atoms with Gasteiger partial charge in [-0.3, -0.25) is 0 Å². The van der Waals surface area contributed by atoms with E-state index in [2.05, 4.69) is 12.5 Å². The number of alkyl halides is 9. The fraction of sp³-hybridized carbons (Fsp3) is 1.00. The zero-order valence-corrected chi connectivity index (χ0v) is 14.2. The average Bonchev–Trinajstić information content (AvgIpc) is 2.04. The molecule has 0 N–H and O–H groups in total. The SMILES string of the molecule is O=S([O-])OC(F)(F)F.O=S([O-])OC(F)(F)F.O=S([O-])OC(F)(F)F.[Yb+3]. The van der Waals surface area contributed by atoms with Crippen molar-refractivity contribution in [3.8, 4) is 0 Å². The fourth-order valence-corrected chi connectivity index (χ4v) is 0.694. The first-order valence-electron chi connectivity index (χ1n) is 3.81. The number of halogens is 9. The molecule has 0 amide bonds. The molecule has 22 heteroatoms. The zero-order valence-electron chi connectivity index (χ0n) is 10.1. The van der Waals surface area contributed by atoms with E-state index in [0.717, 1.165) is 0 Å². The molecule has 3 atom stereocenters. The van der Waals surface area contributed by atoms with E-state index in [1.807, 2.05) is 0 Å². The van der Waals surface area contributed by atoms with Crippen LogP contribution in [0.4, 0.5) is 39.5 Å². The van der Waals surface area contributed by atoms with Gasteiger partial charge in [0.05, 0.1) is 34.1 Å². The maximum Gasteiger partial charge on any atom is 3.00 e. The Balaban J connectivity index is -0.000000130. The van der Waals surface area contributed by atoms with E-state index in [0.29, 0.717) is 0 Å². The molecule has 1 radical (unpaired) electrons. The third-order valence-corrected chi connectivity index (χ3v) is 1.46. The number of hydrogen-bond acceptors (Lipinski definition) is 9. The monoisotopic (exact) mass is 621 g/mol. The summed E-state index contributed by atoms with van der Waals surface area (Å²) in [4.78, 5) is 0. The molecule has 25 heavy (non-hydrogen) atoms. The van der Waals surface area contributed by atoms with Crippen LogP contribution in [0.5, 0.6) is 0 Å². The van der Waals surface area contributed by atoms with Crippen molar-refractivity contribution in [2.24, 2.45) is 0 Å². The molecule has 0 aromatic rings. The summed E-state index contributed by atoms with van der Waals surface area (Å²) >= 11 is -10.5. The number of rotatable bonds is 3. The molecule has 0 spiro atoms. The molecule has 0 aliphatic heterocycles. The van der Waals surface area contributed by atoms with Crippen LogP contribution in [0.3, 0.4) is 0 Å². The third kappa shape index (κ3) is 51.7. The Hall–Kier alpha value is 1.10. The van der Waals surface area contributed by atoms with Gasteiger partial charge >= 0.3 is 66.0 Å². The molecule has 0 bridgehead atoms. The zero-order chi connectivity index (χ0) is 20.4. The molecular weight excluding hydrogens is 620 g/mol. The van der Waals surface area contributed by atoms with Gasteiger partial charge in [0.25, 0.3) is 0 Å². The summed E-state index contributed by atoms with van der Waals surface area (Å²) in [5.41, 5.74) is 0. The summed E-state index contributed by atoms with van der Waals surface area (Å²) in [6.45, 7) is 0. The van der Waals surface area contributed by atoms with Gasteiger partial charge in [-0.25, -0.2) is 25.2 Å². The first kappa shape index (κ1) is 33.7. The summed E-state index contributed by atoms with van der Waals surface area (Å²) in [5.74, 6) is 0. The van der Waals surface area contributed by atoms with Crippen molar-refractivity contribution in [1.82, 2.24) is 0 Å². The van der Waals surface area contributed by atoms with Gasteiger partial charge in [-0.2, -0.15) is 0 Å². The van der Waals surface area contributed by atoms with Crippen LogP contribution in [-0.4, -0.2) is 45.4 Å². The van der Waals surface area contributed by atoms with Crippen LogP contribution in [0.2, 0.25) is 0 Å². The van der Waals surface area contributed by atoms with E-state index < -0.39 is 53.2 Å². The Morgan fingerprint density at radius 1 is 0.520 bits per heavy atom. The van der Waals surface area contributed by atoms with Gasteiger partial charge in [0.2, 0.25) is 0 Å². The van der Waals surface area contributed by atoms with Crippen molar-refractivity contribution in [2.75, 3.05) is 0 Å². The van der Waals surface area contributed by atoms with Crippen molar-refractivity contribution >= 4 is 34.1 Å². The molecule has 0 saturated heterocycles. The molecule has 9 nitrogen and oxygen atoms in total. The predicted octanol–water partition coefficient (Wildman–Crippen LogP) is 0.951. The molecule has 0 aromatic heterocycles. The molecule has 0 heterocycles. The van der Waals surface area contributed by atoms with Crippen molar-refractivity contribution in [3.63, 3.8) is 0 Å². The standard InChI is InChI=1S/3CHF3O3S.Yb/c3*2-1(3,4)7-8(5)6;/h3*(H,5,6);/q;;;+3/p-3. The van der Waals surface area contributed by atoms with Gasteiger partial charge in [0, 0.05) is 0 Å². The van der Waals surface area contributed by atoms with E-state index in [9.17, 15) is 39.5 Å². The van der Waals surface area contributed by atoms with Gasteiger partial charge in [-0.05, 0) is 0 Å². The second-order valence-corrected chi connectivity index (χ2v) is 3.92. The Labute approximate surface area is 177 Å². The van der Waals surface area contributed by atoms with Crippen LogP contribution in [0.1, 0.15) is 0 Å². The summed E-state index contributed by atoms with van der Waals surface area (Å²) < 4.78 is 158. The van der Waals surface area contributed by atoms with Crippen LogP contribution in [0.15, 0.2) is 0 Å². The maximum atomic E-state index is 10.7. The van der Waals surface area contributed by atoms with Crippen LogP contribution < -0.4 is 0 Å². The van der Waals surface area contributed by atoms with Crippen molar-refractivity contribution in [3.05, 3.63) is 0 Å². The topological polar surface area (TPSA) is 148 Å². The maximum absolute atomic E-state index is 10.7. The summed E-state index contributed by atoms with van der Waals surface area (Å²) in [5, 5.41) is 0. The summed E-state index contributed by atoms with van der Waals surface area (Å²) in [7, 11) is 0. The first-order valence-corrected chi connectivity index (χ1v) is 6.81. The summed E-state index contributed by atoms with van der Waals surface area (Å²) in [6.07, 6.45) is -15.3. The molecule has 0 fully saturated rings. The largest absolute Gasteiger partial charge is 3.00 e. The number of hydrogen-bond donors (Lipinski definition) is 0. The predicted molar refractivity (Wildman–Crippen MR) is 48.2 cm³/mol. The van der Waals surface area contributed by atoms with Crippen LogP contribution in [0.25, 0.3) is 0 Å². The molecule has 3 unspecified atom stereocenters. The van der Waals surface area contributed by atoms with Crippen molar-refractivity contribution < 1.29 is 125 Å². The second-order valence-electron chi connectivity index (χ2n) is 2.20. The average molecular weight is 620 g/mol. The van der Waals surface area contributed by atoms with Crippen LogP contribution in [-0.2, 0) is 46.6 Å². The van der Waals surface area contributed by atoms with Gasteiger partial charge < -0.3 is 13.7 Å². The van der Waals surface area contributed by atoms with Crippen LogP contribution >= 0.6 is 0 Å². The molecular formula is C3F9O9S3Yb. The van der Waals surface area contributed by atoms with Gasteiger partial charge in [0.1, 0.15) is 0 Å². The molecule has 161 valence electrons. The Bertz CT molecular complexity index is 359. The normalized spacial score (nSPS) is 15.4. The van der Waals surface area contributed by atoms with Crippen molar-refractivity contribution in [2.45, 2.75) is 19.1 Å². The van der Waals surface area contributed by atoms with Crippen molar-refractivity contribution in [1.29, 1.82) is 0 Å². The fourth-order valence-electron chi connectivity index (χ4n) is 0.231. The quantitative estimate of drug-likeness (QED) is 0.332. The van der Waals surface area contributed by atoms with Gasteiger partial charge in [0.15, 0.2) is 0 Å².